The van der Waals surface area contributed by atoms with Crippen molar-refractivity contribution in [3.63, 3.8) is 0 Å². The molecule has 2 aliphatic rings. The molecular weight excluding hydrogens is 812 g/mol. The molecule has 2 aromatic rings. The molecule has 6 atom stereocenters. The molecule has 61 heavy (non-hydrogen) atoms. The van der Waals surface area contributed by atoms with Gasteiger partial charge in [0, 0.05) is 31.6 Å². The van der Waals surface area contributed by atoms with E-state index in [9.17, 15) is 33.9 Å². The fraction of sp³-hybridized carbons (Fsp3) is 0.609. The molecule has 7 N–H and O–H groups in total. The number of ketones is 1. The van der Waals surface area contributed by atoms with Crippen LogP contribution in [0.4, 0.5) is 0 Å². The zero-order valence-electron chi connectivity index (χ0n) is 36.8. The van der Waals surface area contributed by atoms with Gasteiger partial charge in [-0.2, -0.15) is 0 Å². The van der Waals surface area contributed by atoms with E-state index in [-0.39, 0.29) is 41.8 Å². The predicted molar refractivity (Wildman–Crippen MR) is 242 cm³/mol. The average molecular weight is 881 g/mol. The molecule has 2 aromatic carbocycles. The van der Waals surface area contributed by atoms with Gasteiger partial charge in [-0.25, -0.2) is 0 Å². The van der Waals surface area contributed by atoms with Crippen molar-refractivity contribution in [2.45, 2.75) is 153 Å². The van der Waals surface area contributed by atoms with Gasteiger partial charge in [-0.05, 0) is 92.6 Å². The molecule has 1 aliphatic heterocycles. The van der Waals surface area contributed by atoms with Crippen LogP contribution >= 0.6 is 18.7 Å². The summed E-state index contributed by atoms with van der Waals surface area (Å²) in [5, 5.41) is 22.3. The largest absolute Gasteiger partial charge is 0.381 e. The van der Waals surface area contributed by atoms with Gasteiger partial charge in [0.2, 0.25) is 23.6 Å². The SMILES string of the molecule is CCCC(NC(=O)C1CCCN1C(=O)C(NC(=O)CCCCc1ccc(SP(C)N)cc1)C1CCCCC1)C(O)C(=O)NCC(=O)NC(C(=O)CC(C)(C)C)c1ccccc1. The maximum atomic E-state index is 14.3. The Hall–Kier alpha value is -3.84. The molecule has 6 unspecified atom stereocenters. The monoisotopic (exact) mass is 880 g/mol. The number of hydrogen-bond acceptors (Lipinski definition) is 9. The van der Waals surface area contributed by atoms with Crippen molar-refractivity contribution in [2.24, 2.45) is 16.8 Å². The molecular formula is C46H69N6O7PS. The van der Waals surface area contributed by atoms with Crippen LogP contribution in [0.1, 0.15) is 128 Å². The number of nitrogens with two attached hydrogens (primary N) is 1. The molecule has 1 saturated heterocycles. The highest BCUT2D eigenvalue weighted by Crippen LogP contribution is 2.43. The van der Waals surface area contributed by atoms with Gasteiger partial charge in [-0.1, -0.05) is 107 Å². The summed E-state index contributed by atoms with van der Waals surface area (Å²) in [6.45, 7) is 9.56. The number of aliphatic hydroxyl groups excluding tert-OH is 1. The Bertz CT molecular complexity index is 1750. The van der Waals surface area contributed by atoms with Gasteiger partial charge in [0.05, 0.1) is 12.6 Å². The zero-order chi connectivity index (χ0) is 44.5. The number of nitrogens with zero attached hydrogens (tertiary/aromatic N) is 1. The summed E-state index contributed by atoms with van der Waals surface area (Å²) in [4.78, 5) is 83.8. The van der Waals surface area contributed by atoms with Gasteiger partial charge >= 0.3 is 0 Å². The molecule has 336 valence electrons. The first-order valence-electron chi connectivity index (χ1n) is 22.0. The molecule has 4 rings (SSSR count). The fourth-order valence-corrected chi connectivity index (χ4v) is 10.2. The van der Waals surface area contributed by atoms with Crippen LogP contribution < -0.4 is 26.8 Å². The summed E-state index contributed by atoms with van der Waals surface area (Å²) in [5.74, 6) is -2.57. The third-order valence-corrected chi connectivity index (χ3v) is 13.6. The normalized spacial score (nSPS) is 18.3. The summed E-state index contributed by atoms with van der Waals surface area (Å²) in [5.41, 5.74) is 7.47. The average Bonchev–Trinajstić information content (AvgIpc) is 3.73. The number of carbonyl (C=O) groups is 6. The van der Waals surface area contributed by atoms with E-state index in [1.807, 2.05) is 40.4 Å². The van der Waals surface area contributed by atoms with Crippen LogP contribution in [-0.4, -0.2) is 89.3 Å². The summed E-state index contributed by atoms with van der Waals surface area (Å²) in [7, 11) is -0.573. The number of aliphatic hydroxyl groups is 1. The quantitative estimate of drug-likeness (QED) is 0.0600. The van der Waals surface area contributed by atoms with E-state index >= 15 is 0 Å². The topological polar surface area (TPSA) is 200 Å². The van der Waals surface area contributed by atoms with E-state index in [1.54, 1.807) is 40.5 Å². The number of aryl methyl sites for hydroxylation is 1. The van der Waals surface area contributed by atoms with Crippen molar-refractivity contribution in [2.75, 3.05) is 19.8 Å². The first-order valence-corrected chi connectivity index (χ1v) is 25.3. The van der Waals surface area contributed by atoms with E-state index in [2.05, 4.69) is 45.5 Å². The lowest BCUT2D eigenvalue weighted by Crippen LogP contribution is -2.58. The van der Waals surface area contributed by atoms with Crippen LogP contribution in [0.2, 0.25) is 0 Å². The third kappa shape index (κ3) is 16.4. The van der Waals surface area contributed by atoms with Crippen molar-refractivity contribution in [1.82, 2.24) is 26.2 Å². The number of carbonyl (C=O) groups excluding carboxylic acids is 6. The number of amides is 5. The molecule has 13 nitrogen and oxygen atoms in total. The molecule has 2 fully saturated rings. The van der Waals surface area contributed by atoms with Crippen LogP contribution in [-0.2, 0) is 35.2 Å². The number of unbranched alkanes of at least 4 members (excludes halogenated alkanes) is 1. The maximum Gasteiger partial charge on any atom is 0.251 e. The Kier molecular flexibility index (Phi) is 20.2. The minimum absolute atomic E-state index is 0.0290. The van der Waals surface area contributed by atoms with Crippen molar-refractivity contribution in [3.05, 3.63) is 65.7 Å². The van der Waals surface area contributed by atoms with Crippen molar-refractivity contribution in [1.29, 1.82) is 0 Å². The maximum absolute atomic E-state index is 14.3. The van der Waals surface area contributed by atoms with Gasteiger partial charge < -0.3 is 36.8 Å². The number of Topliss-reactive ketones (excluding diaryl/α,β-unsaturated/α-hetero) is 1. The van der Waals surface area contributed by atoms with Crippen LogP contribution in [0, 0.1) is 11.3 Å². The highest BCUT2D eigenvalue weighted by molar-refractivity contribution is 8.54. The number of rotatable bonds is 22. The Morgan fingerprint density at radius 1 is 0.885 bits per heavy atom. The molecule has 5 amide bonds. The lowest BCUT2D eigenvalue weighted by molar-refractivity contribution is -0.144. The van der Waals surface area contributed by atoms with E-state index in [4.69, 9.17) is 5.50 Å². The predicted octanol–water partition coefficient (Wildman–Crippen LogP) is 6.07. The second-order valence-electron chi connectivity index (χ2n) is 17.8. The van der Waals surface area contributed by atoms with Crippen LogP contribution in [0.5, 0.6) is 0 Å². The van der Waals surface area contributed by atoms with E-state index < -0.39 is 61.8 Å². The zero-order valence-corrected chi connectivity index (χ0v) is 38.5. The molecule has 0 bridgehead atoms. The molecule has 1 aliphatic carbocycles. The summed E-state index contributed by atoms with van der Waals surface area (Å²) < 4.78 is 0. The Labute approximate surface area is 367 Å². The second-order valence-corrected chi connectivity index (χ2v) is 21.8. The fourth-order valence-electron chi connectivity index (χ4n) is 8.26. The Balaban J connectivity index is 1.33. The lowest BCUT2D eigenvalue weighted by atomic mass is 9.83. The van der Waals surface area contributed by atoms with Gasteiger partial charge in [0.15, 0.2) is 11.9 Å². The summed E-state index contributed by atoms with van der Waals surface area (Å²) in [6, 6.07) is 13.8. The number of likely N-dealkylation sites (tertiary alicyclic amines) is 1. The molecule has 0 radical (unpaired) electrons. The summed E-state index contributed by atoms with van der Waals surface area (Å²) >= 11 is 1.67. The molecule has 1 heterocycles. The highest BCUT2D eigenvalue weighted by atomic mass is 32.7. The van der Waals surface area contributed by atoms with E-state index in [0.29, 0.717) is 44.2 Å². The summed E-state index contributed by atoms with van der Waals surface area (Å²) in [6.07, 6.45) is 7.66. The lowest BCUT2D eigenvalue weighted by Gasteiger charge is -2.35. The Morgan fingerprint density at radius 2 is 1.57 bits per heavy atom. The standard InChI is InChI=1S/C46H69N6O7PS/c1-6-16-35(42(56)44(58)48-30-39(55)51-40(32-18-9-7-10-19-32)37(53)29-46(2,3)4)49-43(57)36-22-15-28-52(36)45(59)41(33-20-11-8-12-21-33)50-38(54)23-14-13-17-31-24-26-34(27-25-31)61-60(5)47/h7,9-10,18-19,24-27,33,35-36,40-42,56H,6,8,11-17,20-23,28-30,47H2,1-5H3,(H,48,58)(H,49,57)(H,50,54)(H,51,55). The van der Waals surface area contributed by atoms with Crippen molar-refractivity contribution >= 4 is 54.0 Å². The molecule has 15 heteroatoms. The van der Waals surface area contributed by atoms with Gasteiger partial charge in [-0.15, -0.1) is 0 Å². The number of benzene rings is 2. The Morgan fingerprint density at radius 3 is 2.21 bits per heavy atom. The van der Waals surface area contributed by atoms with Gasteiger partial charge in [0.25, 0.3) is 5.91 Å². The second kappa shape index (κ2) is 24.7. The number of nitrogens with one attached hydrogen (secondary N) is 4. The van der Waals surface area contributed by atoms with Crippen LogP contribution in [0.3, 0.4) is 0 Å². The van der Waals surface area contributed by atoms with Gasteiger partial charge in [-0.3, -0.25) is 28.8 Å². The van der Waals surface area contributed by atoms with Crippen LogP contribution in [0.25, 0.3) is 0 Å². The van der Waals surface area contributed by atoms with E-state index in [1.165, 1.54) is 5.56 Å². The highest BCUT2D eigenvalue weighted by Gasteiger charge is 2.42. The minimum Gasteiger partial charge on any atom is -0.381 e. The minimum atomic E-state index is -1.68. The van der Waals surface area contributed by atoms with E-state index in [0.717, 1.165) is 49.8 Å². The molecule has 0 spiro atoms. The third-order valence-electron chi connectivity index (χ3n) is 11.3. The smallest absolute Gasteiger partial charge is 0.251 e. The molecule has 1 saturated carbocycles. The van der Waals surface area contributed by atoms with Crippen LogP contribution in [0.15, 0.2) is 59.5 Å². The van der Waals surface area contributed by atoms with Gasteiger partial charge in [0.1, 0.15) is 18.1 Å². The van der Waals surface area contributed by atoms with Crippen molar-refractivity contribution < 1.29 is 33.9 Å². The molecule has 0 aromatic heterocycles. The number of hydrogen-bond donors (Lipinski definition) is 6. The first kappa shape index (κ1) is 49.8. The van der Waals surface area contributed by atoms with Crippen molar-refractivity contribution in [3.8, 4) is 0 Å². The first-order chi connectivity index (χ1) is 29.1.